The van der Waals surface area contributed by atoms with Gasteiger partial charge in [0.2, 0.25) is 11.8 Å². The van der Waals surface area contributed by atoms with E-state index in [2.05, 4.69) is 36.5 Å². The van der Waals surface area contributed by atoms with Gasteiger partial charge in [-0.25, -0.2) is 4.98 Å². The highest BCUT2D eigenvalue weighted by molar-refractivity contribution is 9.10. The maximum absolute atomic E-state index is 11.7. The van der Waals surface area contributed by atoms with Crippen LogP contribution in [0.3, 0.4) is 0 Å². The third-order valence-corrected chi connectivity index (χ3v) is 5.41. The van der Waals surface area contributed by atoms with Crippen molar-refractivity contribution in [1.29, 1.82) is 0 Å². The van der Waals surface area contributed by atoms with Crippen LogP contribution < -0.4 is 15.4 Å². The summed E-state index contributed by atoms with van der Waals surface area (Å²) >= 11 is 3.56. The number of nitrogens with one attached hydrogen (secondary N) is 2. The first-order valence-corrected chi connectivity index (χ1v) is 10.1. The Labute approximate surface area is 186 Å². The lowest BCUT2D eigenvalue weighted by atomic mass is 10.1. The van der Waals surface area contributed by atoms with Crippen molar-refractivity contribution >= 4 is 55.5 Å². The van der Waals surface area contributed by atoms with Gasteiger partial charge in [0.1, 0.15) is 11.4 Å². The zero-order valence-corrected chi connectivity index (χ0v) is 18.3. The summed E-state index contributed by atoms with van der Waals surface area (Å²) in [7, 11) is 1.53. The fourth-order valence-electron chi connectivity index (χ4n) is 3.30. The van der Waals surface area contributed by atoms with Gasteiger partial charge in [-0.15, -0.1) is 0 Å². The first-order valence-electron chi connectivity index (χ1n) is 9.35. The van der Waals surface area contributed by atoms with Crippen LogP contribution in [-0.4, -0.2) is 22.0 Å². The topological polar surface area (TPSA) is 102 Å². The second kappa shape index (κ2) is 8.57. The minimum absolute atomic E-state index is 0.0749. The van der Waals surface area contributed by atoms with Crippen LogP contribution in [0.2, 0.25) is 0 Å². The Kier molecular flexibility index (Phi) is 5.68. The monoisotopic (exact) mass is 479 g/mol. The molecule has 0 atom stereocenters. The molecule has 0 spiro atoms. The fraction of sp³-hybridized carbons (Fsp3) is 0.0909. The van der Waals surface area contributed by atoms with Crippen LogP contribution in [0.4, 0.5) is 28.8 Å². The largest absolute Gasteiger partial charge is 0.495 e. The Morgan fingerprint density at radius 3 is 2.39 bits per heavy atom. The van der Waals surface area contributed by atoms with Crippen molar-refractivity contribution in [3.63, 3.8) is 0 Å². The van der Waals surface area contributed by atoms with E-state index in [0.717, 1.165) is 20.9 Å². The number of benzene rings is 3. The number of hydrogen-bond acceptors (Lipinski definition) is 7. The molecular formula is C22H18BrN5O3. The summed E-state index contributed by atoms with van der Waals surface area (Å²) in [4.78, 5) is 19.9. The molecule has 3 aromatic carbocycles. The lowest BCUT2D eigenvalue weighted by Crippen LogP contribution is -2.08. The summed E-state index contributed by atoms with van der Waals surface area (Å²) in [6.45, 7) is 1.58. The second-order valence-electron chi connectivity index (χ2n) is 6.68. The number of anilines is 4. The highest BCUT2D eigenvalue weighted by Crippen LogP contribution is 2.35. The number of fused-ring (bicyclic) bond motifs is 1. The van der Waals surface area contributed by atoms with E-state index < -0.39 is 4.92 Å². The molecule has 4 aromatic rings. The standard InChI is InChI=1S/C22H18BrN5O3/c1-13-20(28(29)30)21(25-18-9-5-6-10-19(18)31-2)27-22(24-13)26-17-12-11-16(23)14-7-3-4-8-15(14)17/h3-12H,1-2H3,(H2,24,25,26,27). The lowest BCUT2D eigenvalue weighted by Gasteiger charge is -2.14. The molecule has 0 amide bonds. The van der Waals surface area contributed by atoms with Crippen LogP contribution in [0, 0.1) is 17.0 Å². The molecule has 2 N–H and O–H groups in total. The molecule has 9 heteroatoms. The number of methoxy groups -OCH3 is 1. The first-order chi connectivity index (χ1) is 15.0. The van der Waals surface area contributed by atoms with Gasteiger partial charge >= 0.3 is 5.69 Å². The van der Waals surface area contributed by atoms with Gasteiger partial charge in [-0.1, -0.05) is 52.3 Å². The van der Waals surface area contributed by atoms with Gasteiger partial charge in [-0.2, -0.15) is 4.98 Å². The first kappa shape index (κ1) is 20.5. The van der Waals surface area contributed by atoms with Gasteiger partial charge in [0.25, 0.3) is 0 Å². The molecule has 0 aliphatic rings. The van der Waals surface area contributed by atoms with E-state index in [1.165, 1.54) is 7.11 Å². The quantitative estimate of drug-likeness (QED) is 0.254. The van der Waals surface area contributed by atoms with Gasteiger partial charge in [0.05, 0.1) is 17.7 Å². The molecule has 4 rings (SSSR count). The number of halogens is 1. The summed E-state index contributed by atoms with van der Waals surface area (Å²) in [6, 6.07) is 18.8. The molecule has 8 nitrogen and oxygen atoms in total. The van der Waals surface area contributed by atoms with Crippen LogP contribution in [-0.2, 0) is 0 Å². The van der Waals surface area contributed by atoms with Crippen LogP contribution >= 0.6 is 15.9 Å². The third kappa shape index (κ3) is 4.13. The molecule has 31 heavy (non-hydrogen) atoms. The van der Waals surface area contributed by atoms with E-state index in [1.807, 2.05) is 42.5 Å². The molecule has 0 saturated carbocycles. The molecule has 0 saturated heterocycles. The predicted octanol–water partition coefficient (Wildman–Crippen LogP) is 6.10. The fourth-order valence-corrected chi connectivity index (χ4v) is 3.77. The average molecular weight is 480 g/mol. The normalized spacial score (nSPS) is 10.7. The molecule has 0 aliphatic heterocycles. The Hall–Kier alpha value is -3.72. The Morgan fingerprint density at radius 1 is 0.935 bits per heavy atom. The molecule has 156 valence electrons. The van der Waals surface area contributed by atoms with Crippen LogP contribution in [0.1, 0.15) is 5.69 Å². The Morgan fingerprint density at radius 2 is 1.65 bits per heavy atom. The number of nitro groups is 1. The number of hydrogen-bond donors (Lipinski definition) is 2. The van der Waals surface area contributed by atoms with Crippen molar-refractivity contribution in [2.24, 2.45) is 0 Å². The zero-order chi connectivity index (χ0) is 22.0. The number of aryl methyl sites for hydroxylation is 1. The van der Waals surface area contributed by atoms with Gasteiger partial charge < -0.3 is 15.4 Å². The van der Waals surface area contributed by atoms with E-state index in [4.69, 9.17) is 4.74 Å². The van der Waals surface area contributed by atoms with E-state index >= 15 is 0 Å². The smallest absolute Gasteiger partial charge is 0.332 e. The summed E-state index contributed by atoms with van der Waals surface area (Å²) in [6.07, 6.45) is 0. The molecule has 0 aliphatic carbocycles. The summed E-state index contributed by atoms with van der Waals surface area (Å²) in [5.41, 5.74) is 1.39. The number of para-hydroxylation sites is 2. The lowest BCUT2D eigenvalue weighted by molar-refractivity contribution is -0.385. The van der Waals surface area contributed by atoms with E-state index in [-0.39, 0.29) is 23.1 Å². The van der Waals surface area contributed by atoms with E-state index in [1.54, 1.807) is 25.1 Å². The number of nitrogens with zero attached hydrogens (tertiary/aromatic N) is 3. The minimum atomic E-state index is -0.494. The SMILES string of the molecule is COc1ccccc1Nc1nc(Nc2ccc(Br)c3ccccc23)nc(C)c1[N+](=O)[O-]. The highest BCUT2D eigenvalue weighted by Gasteiger charge is 2.23. The van der Waals surface area contributed by atoms with E-state index in [0.29, 0.717) is 11.4 Å². The van der Waals surface area contributed by atoms with Crippen LogP contribution in [0.15, 0.2) is 65.1 Å². The minimum Gasteiger partial charge on any atom is -0.495 e. The molecular weight excluding hydrogens is 462 g/mol. The van der Waals surface area contributed by atoms with Gasteiger partial charge in [-0.05, 0) is 36.6 Å². The van der Waals surface area contributed by atoms with E-state index in [9.17, 15) is 10.1 Å². The van der Waals surface area contributed by atoms with Crippen molar-refractivity contribution < 1.29 is 9.66 Å². The second-order valence-corrected chi connectivity index (χ2v) is 7.53. The summed E-state index contributed by atoms with van der Waals surface area (Å²) in [5, 5.41) is 19.9. The Balaban J connectivity index is 1.78. The van der Waals surface area contributed by atoms with Crippen molar-refractivity contribution in [1.82, 2.24) is 9.97 Å². The van der Waals surface area contributed by atoms with Crippen molar-refractivity contribution in [2.45, 2.75) is 6.92 Å². The zero-order valence-electron chi connectivity index (χ0n) is 16.7. The van der Waals surface area contributed by atoms with Gasteiger partial charge in [-0.3, -0.25) is 10.1 Å². The number of aromatic nitrogens is 2. The van der Waals surface area contributed by atoms with Crippen molar-refractivity contribution in [2.75, 3.05) is 17.7 Å². The highest BCUT2D eigenvalue weighted by atomic mass is 79.9. The van der Waals surface area contributed by atoms with Crippen molar-refractivity contribution in [3.8, 4) is 5.75 Å². The summed E-state index contributed by atoms with van der Waals surface area (Å²) < 4.78 is 6.30. The molecule has 0 bridgehead atoms. The average Bonchev–Trinajstić information content (AvgIpc) is 2.76. The van der Waals surface area contributed by atoms with Gasteiger partial charge in [0.15, 0.2) is 0 Å². The number of ether oxygens (including phenoxy) is 1. The maximum atomic E-state index is 11.7. The molecule has 0 unspecified atom stereocenters. The molecule has 1 heterocycles. The third-order valence-electron chi connectivity index (χ3n) is 4.72. The van der Waals surface area contributed by atoms with Crippen molar-refractivity contribution in [3.05, 3.63) is 80.9 Å². The van der Waals surface area contributed by atoms with Crippen LogP contribution in [0.25, 0.3) is 10.8 Å². The maximum Gasteiger partial charge on any atom is 0.332 e. The molecule has 0 fully saturated rings. The summed E-state index contributed by atoms with van der Waals surface area (Å²) in [5.74, 6) is 0.861. The molecule has 1 aromatic heterocycles. The van der Waals surface area contributed by atoms with Crippen LogP contribution in [0.5, 0.6) is 5.75 Å². The van der Waals surface area contributed by atoms with Gasteiger partial charge in [0, 0.05) is 15.5 Å². The number of rotatable bonds is 6. The Bertz CT molecular complexity index is 1300. The predicted molar refractivity (Wildman–Crippen MR) is 125 cm³/mol. The molecule has 0 radical (unpaired) electrons.